The van der Waals surface area contributed by atoms with Gasteiger partial charge in [-0.2, -0.15) is 0 Å². The van der Waals surface area contributed by atoms with Gasteiger partial charge in [0.2, 0.25) is 0 Å². The van der Waals surface area contributed by atoms with Crippen LogP contribution in [-0.2, 0) is 0 Å². The molecule has 8 aromatic rings. The summed E-state index contributed by atoms with van der Waals surface area (Å²) in [6.45, 7) is 0. The molecule has 8 rings (SSSR count). The van der Waals surface area contributed by atoms with Crippen molar-refractivity contribution in [2.24, 2.45) is 0 Å². The molecule has 0 amide bonds. The van der Waals surface area contributed by atoms with E-state index in [1.165, 1.54) is 36.5 Å². The van der Waals surface area contributed by atoms with Crippen molar-refractivity contribution < 1.29 is 0 Å². The monoisotopic (exact) mass is 581 g/mol. The van der Waals surface area contributed by atoms with Crippen LogP contribution in [0.15, 0.2) is 126 Å². The minimum Gasteiger partial charge on any atom is -0.305 e. The Hall–Kier alpha value is -4.32. The Balaban J connectivity index is 1.56. The van der Waals surface area contributed by atoms with E-state index in [2.05, 4.69) is 111 Å². The van der Waals surface area contributed by atoms with E-state index in [1.54, 1.807) is 0 Å². The Bertz CT molecular complexity index is 2180. The largest absolute Gasteiger partial charge is 0.305 e. The minimum atomic E-state index is 0.716. The second kappa shape index (κ2) is 8.87. The third-order valence-corrected chi connectivity index (χ3v) is 9.42. The van der Waals surface area contributed by atoms with Gasteiger partial charge in [-0.15, -0.1) is 11.3 Å². The van der Waals surface area contributed by atoms with Crippen LogP contribution in [0.4, 0.5) is 0 Å². The fraction of sp³-hybridized carbons (Fsp3) is 0. The highest BCUT2D eigenvalue weighted by molar-refractivity contribution is 9.10. The van der Waals surface area contributed by atoms with E-state index in [-0.39, 0.29) is 0 Å². The van der Waals surface area contributed by atoms with Gasteiger partial charge in [-0.1, -0.05) is 97.1 Å². The van der Waals surface area contributed by atoms with Crippen molar-refractivity contribution in [2.75, 3.05) is 0 Å². The predicted molar refractivity (Wildman–Crippen MR) is 168 cm³/mol. The number of para-hydroxylation sites is 1. The highest BCUT2D eigenvalue weighted by Crippen LogP contribution is 2.46. The summed E-state index contributed by atoms with van der Waals surface area (Å²) in [6, 6.07) is 40.2. The molecule has 0 aliphatic carbocycles. The van der Waals surface area contributed by atoms with Crippen molar-refractivity contribution >= 4 is 69.2 Å². The average molecular weight is 583 g/mol. The fourth-order valence-electron chi connectivity index (χ4n) is 5.62. The van der Waals surface area contributed by atoms with Crippen molar-refractivity contribution in [3.63, 3.8) is 0 Å². The summed E-state index contributed by atoms with van der Waals surface area (Å²) < 4.78 is 6.01. The first-order valence-electron chi connectivity index (χ1n) is 12.8. The summed E-state index contributed by atoms with van der Waals surface area (Å²) in [5.74, 6) is 0.716. The van der Waals surface area contributed by atoms with Gasteiger partial charge < -0.3 is 4.57 Å². The van der Waals surface area contributed by atoms with Crippen molar-refractivity contribution in [3.8, 4) is 28.3 Å². The molecule has 0 radical (unpaired) electrons. The molecule has 5 aromatic carbocycles. The number of hydrogen-bond acceptors (Lipinski definition) is 3. The van der Waals surface area contributed by atoms with Gasteiger partial charge in [0.25, 0.3) is 0 Å². The maximum absolute atomic E-state index is 5.19. The molecule has 0 saturated carbocycles. The number of aromatic nitrogens is 3. The van der Waals surface area contributed by atoms with Crippen molar-refractivity contribution in [1.29, 1.82) is 0 Å². The molecule has 39 heavy (non-hydrogen) atoms. The average Bonchev–Trinajstić information content (AvgIpc) is 3.54. The molecule has 0 N–H and O–H groups in total. The van der Waals surface area contributed by atoms with Crippen LogP contribution < -0.4 is 0 Å². The van der Waals surface area contributed by atoms with E-state index < -0.39 is 0 Å². The second-order valence-corrected chi connectivity index (χ2v) is 11.5. The first-order chi connectivity index (χ1) is 19.3. The topological polar surface area (TPSA) is 30.7 Å². The molecule has 0 saturated heterocycles. The van der Waals surface area contributed by atoms with E-state index in [0.717, 1.165) is 32.5 Å². The molecular weight excluding hydrogens is 562 g/mol. The van der Waals surface area contributed by atoms with Crippen LogP contribution >= 0.6 is 27.3 Å². The summed E-state index contributed by atoms with van der Waals surface area (Å²) in [7, 11) is 0. The lowest BCUT2D eigenvalue weighted by atomic mass is 10.1. The Labute approximate surface area is 237 Å². The molecule has 0 spiro atoms. The van der Waals surface area contributed by atoms with Gasteiger partial charge in [0.05, 0.1) is 33.3 Å². The Morgan fingerprint density at radius 3 is 2.13 bits per heavy atom. The van der Waals surface area contributed by atoms with Gasteiger partial charge in [0.15, 0.2) is 5.82 Å². The second-order valence-electron chi connectivity index (χ2n) is 9.57. The zero-order chi connectivity index (χ0) is 25.9. The molecule has 0 fully saturated rings. The molecule has 0 bridgehead atoms. The van der Waals surface area contributed by atoms with Gasteiger partial charge in [-0.05, 0) is 34.1 Å². The molecule has 184 valence electrons. The molecule has 0 unspecified atom stereocenters. The molecule has 0 atom stereocenters. The molecular formula is C34H20BrN3S. The summed E-state index contributed by atoms with van der Waals surface area (Å²) in [4.78, 5) is 10.1. The lowest BCUT2D eigenvalue weighted by molar-refractivity contribution is 1.09. The summed E-state index contributed by atoms with van der Waals surface area (Å²) in [5.41, 5.74) is 6.24. The number of benzene rings is 5. The minimum absolute atomic E-state index is 0.716. The van der Waals surface area contributed by atoms with Crippen LogP contribution in [0, 0.1) is 0 Å². The lowest BCUT2D eigenvalue weighted by Crippen LogP contribution is -2.03. The van der Waals surface area contributed by atoms with E-state index in [9.17, 15) is 0 Å². The molecule has 0 aliphatic heterocycles. The number of nitrogens with zero attached hydrogens (tertiary/aromatic N) is 3. The first-order valence-corrected chi connectivity index (χ1v) is 14.4. The van der Waals surface area contributed by atoms with Gasteiger partial charge in [0.1, 0.15) is 0 Å². The van der Waals surface area contributed by atoms with Crippen LogP contribution in [0.2, 0.25) is 0 Å². The standard InChI is InChI=1S/C34H20BrN3S/c35-26-19-25-23-15-7-9-17-27(23)38(32(25)30-24-16-8-10-18-29(24)39-33(26)30)28-20-36-34(22-13-5-2-6-14-22)37-31(28)21-11-3-1-4-12-21/h1-20H. The summed E-state index contributed by atoms with van der Waals surface area (Å²) >= 11 is 5.74. The van der Waals surface area contributed by atoms with E-state index in [1.807, 2.05) is 41.8 Å². The molecule has 3 nitrogen and oxygen atoms in total. The number of hydrogen-bond donors (Lipinski definition) is 0. The molecule has 3 aromatic heterocycles. The summed E-state index contributed by atoms with van der Waals surface area (Å²) in [5, 5.41) is 4.93. The lowest BCUT2D eigenvalue weighted by Gasteiger charge is -2.15. The number of fused-ring (bicyclic) bond motifs is 7. The Kier molecular flexibility index (Phi) is 5.15. The van der Waals surface area contributed by atoms with Crippen LogP contribution in [0.5, 0.6) is 0 Å². The van der Waals surface area contributed by atoms with E-state index in [0.29, 0.717) is 5.82 Å². The van der Waals surface area contributed by atoms with Crippen LogP contribution in [0.3, 0.4) is 0 Å². The molecule has 5 heteroatoms. The maximum atomic E-state index is 5.19. The van der Waals surface area contributed by atoms with Crippen LogP contribution in [0.1, 0.15) is 0 Å². The number of halogens is 1. The number of thiophene rings is 1. The van der Waals surface area contributed by atoms with Gasteiger partial charge in [-0.3, -0.25) is 0 Å². The maximum Gasteiger partial charge on any atom is 0.159 e. The van der Waals surface area contributed by atoms with Crippen LogP contribution in [-0.4, -0.2) is 14.5 Å². The SMILES string of the molecule is Brc1cc2c3ccccc3n(-c3cnc(-c4ccccc4)nc3-c3ccccc3)c2c2c1sc1ccccc12. The third-order valence-electron chi connectivity index (χ3n) is 7.32. The first kappa shape index (κ1) is 22.6. The fourth-order valence-corrected chi connectivity index (χ4v) is 7.40. The van der Waals surface area contributed by atoms with Gasteiger partial charge in [0, 0.05) is 41.8 Å². The highest BCUT2D eigenvalue weighted by Gasteiger charge is 2.22. The third kappa shape index (κ3) is 3.47. The Morgan fingerprint density at radius 1 is 0.667 bits per heavy atom. The van der Waals surface area contributed by atoms with Crippen molar-refractivity contribution in [1.82, 2.24) is 14.5 Å². The van der Waals surface area contributed by atoms with E-state index in [4.69, 9.17) is 9.97 Å². The molecule has 0 aliphatic rings. The quantitative estimate of drug-likeness (QED) is 0.208. The smallest absolute Gasteiger partial charge is 0.159 e. The van der Waals surface area contributed by atoms with Crippen LogP contribution in [0.25, 0.3) is 70.3 Å². The van der Waals surface area contributed by atoms with Gasteiger partial charge in [-0.25, -0.2) is 9.97 Å². The molecule has 3 heterocycles. The number of rotatable bonds is 3. The normalized spacial score (nSPS) is 11.7. The van der Waals surface area contributed by atoms with E-state index >= 15 is 0 Å². The van der Waals surface area contributed by atoms with Gasteiger partial charge >= 0.3 is 0 Å². The summed E-state index contributed by atoms with van der Waals surface area (Å²) in [6.07, 6.45) is 1.99. The van der Waals surface area contributed by atoms with Crippen molar-refractivity contribution in [2.45, 2.75) is 0 Å². The highest BCUT2D eigenvalue weighted by atomic mass is 79.9. The zero-order valence-electron chi connectivity index (χ0n) is 20.7. The zero-order valence-corrected chi connectivity index (χ0v) is 23.1. The Morgan fingerprint density at radius 2 is 1.33 bits per heavy atom. The van der Waals surface area contributed by atoms with Crippen molar-refractivity contribution in [3.05, 3.63) is 126 Å². The predicted octanol–water partition coefficient (Wildman–Crippen LogP) is 10.0.